The minimum Gasteiger partial charge on any atom is -0.509 e. The molecule has 1 aliphatic rings. The summed E-state index contributed by atoms with van der Waals surface area (Å²) in [5.74, 6) is -0.623. The second-order valence-electron chi connectivity index (χ2n) is 3.91. The Morgan fingerprint density at radius 2 is 2.16 bits per heavy atom. The molecule has 6 heteroatoms. The predicted molar refractivity (Wildman–Crippen MR) is 66.3 cm³/mol. The third-order valence-electron chi connectivity index (χ3n) is 2.64. The van der Waals surface area contributed by atoms with Gasteiger partial charge in [0.15, 0.2) is 5.84 Å². The molecule has 0 spiro atoms. The van der Waals surface area contributed by atoms with E-state index in [1.54, 1.807) is 18.2 Å². The van der Waals surface area contributed by atoms with Crippen LogP contribution >= 0.6 is 0 Å². The molecule has 96 valence electrons. The number of carbonyl (C=O) groups excluding carboxylic acids is 1. The molecule has 1 aromatic rings. The number of amides is 1. The molecule has 1 amide bonds. The highest BCUT2D eigenvalue weighted by Gasteiger charge is 2.32. The summed E-state index contributed by atoms with van der Waals surface area (Å²) in [4.78, 5) is 12.7. The van der Waals surface area contributed by atoms with Crippen LogP contribution in [0.1, 0.15) is 5.56 Å². The summed E-state index contributed by atoms with van der Waals surface area (Å²) in [5.41, 5.74) is 0.621. The second-order valence-corrected chi connectivity index (χ2v) is 3.91. The van der Waals surface area contributed by atoms with Crippen molar-refractivity contribution in [2.75, 3.05) is 6.54 Å². The van der Waals surface area contributed by atoms with Gasteiger partial charge in [-0.05, 0) is 5.56 Å². The Morgan fingerprint density at radius 1 is 1.47 bits per heavy atom. The number of aliphatic hydroxyl groups excluding tert-OH is 1. The number of carbonyl (C=O) groups is 1. The van der Waals surface area contributed by atoms with Crippen molar-refractivity contribution >= 4 is 11.9 Å². The Morgan fingerprint density at radius 3 is 2.74 bits per heavy atom. The molecular formula is C13H11N3O3. The zero-order valence-corrected chi connectivity index (χ0v) is 9.96. The van der Waals surface area contributed by atoms with Crippen LogP contribution in [0.5, 0.6) is 0 Å². The summed E-state index contributed by atoms with van der Waals surface area (Å²) < 4.78 is 5.02. The van der Waals surface area contributed by atoms with Crippen molar-refractivity contribution in [3.63, 3.8) is 0 Å². The Bertz CT molecular complexity index is 587. The number of nitrogens with zero attached hydrogens (tertiary/aromatic N) is 2. The Hall–Kier alpha value is -2.81. The number of aliphatic hydroxyl groups is 1. The number of benzene rings is 1. The molecule has 19 heavy (non-hydrogen) atoms. The first-order valence-electron chi connectivity index (χ1n) is 5.53. The first-order chi connectivity index (χ1) is 9.13. The molecule has 2 N–H and O–H groups in total. The molecule has 0 aromatic heterocycles. The van der Waals surface area contributed by atoms with Crippen LogP contribution in [0.3, 0.4) is 0 Å². The fourth-order valence-electron chi connectivity index (χ4n) is 1.65. The first-order valence-corrected chi connectivity index (χ1v) is 5.53. The third-order valence-corrected chi connectivity index (χ3v) is 2.64. The van der Waals surface area contributed by atoms with Gasteiger partial charge in [-0.2, -0.15) is 5.26 Å². The fourth-order valence-corrected chi connectivity index (χ4v) is 1.65. The molecular weight excluding hydrogens is 246 g/mol. The van der Waals surface area contributed by atoms with Crippen molar-refractivity contribution in [1.29, 1.82) is 10.7 Å². The van der Waals surface area contributed by atoms with Crippen molar-refractivity contribution in [1.82, 2.24) is 4.90 Å². The lowest BCUT2D eigenvalue weighted by Gasteiger charge is -2.15. The molecule has 0 aliphatic carbocycles. The molecule has 0 atom stereocenters. The number of hydrogen-bond acceptors (Lipinski definition) is 5. The van der Waals surface area contributed by atoms with Gasteiger partial charge in [-0.25, -0.2) is 4.79 Å². The van der Waals surface area contributed by atoms with E-state index in [0.29, 0.717) is 0 Å². The lowest BCUT2D eigenvalue weighted by atomic mass is 10.2. The number of ether oxygens (including phenoxy) is 1. The van der Waals surface area contributed by atoms with Crippen molar-refractivity contribution in [2.24, 2.45) is 0 Å². The molecule has 6 nitrogen and oxygen atoms in total. The van der Waals surface area contributed by atoms with Crippen LogP contribution in [0.4, 0.5) is 4.79 Å². The predicted octanol–water partition coefficient (Wildman–Crippen LogP) is 1.95. The standard InChI is InChI=1S/C13H11N3O3/c14-6-10-11(17)7-16(12(10)15)13(18)19-8-9-4-2-1-3-5-9/h1-5,15,17H,7-8H2. The van der Waals surface area contributed by atoms with Crippen LogP contribution in [0.2, 0.25) is 0 Å². The van der Waals surface area contributed by atoms with Crippen molar-refractivity contribution in [2.45, 2.75) is 6.61 Å². The van der Waals surface area contributed by atoms with Gasteiger partial charge >= 0.3 is 6.09 Å². The average molecular weight is 257 g/mol. The van der Waals surface area contributed by atoms with E-state index in [2.05, 4.69) is 0 Å². The zero-order chi connectivity index (χ0) is 13.8. The lowest BCUT2D eigenvalue weighted by Crippen LogP contribution is -2.33. The van der Waals surface area contributed by atoms with Crippen LogP contribution in [0.25, 0.3) is 0 Å². The van der Waals surface area contributed by atoms with Crippen LogP contribution < -0.4 is 0 Å². The maximum absolute atomic E-state index is 11.8. The van der Waals surface area contributed by atoms with Crippen LogP contribution in [0.15, 0.2) is 41.7 Å². The second kappa shape index (κ2) is 5.23. The van der Waals surface area contributed by atoms with E-state index in [1.165, 1.54) is 0 Å². The van der Waals surface area contributed by atoms with E-state index in [1.807, 2.05) is 18.2 Å². The van der Waals surface area contributed by atoms with Gasteiger partial charge in [-0.15, -0.1) is 0 Å². The van der Waals surface area contributed by atoms with E-state index in [9.17, 15) is 9.90 Å². The minimum atomic E-state index is -0.759. The summed E-state index contributed by atoms with van der Waals surface area (Å²) >= 11 is 0. The van der Waals surface area contributed by atoms with E-state index in [0.717, 1.165) is 10.5 Å². The normalized spacial score (nSPS) is 14.5. The molecule has 0 bridgehead atoms. The minimum absolute atomic E-state index is 0.0755. The fraction of sp³-hybridized carbons (Fsp3) is 0.154. The van der Waals surface area contributed by atoms with Gasteiger partial charge in [0, 0.05) is 0 Å². The number of amidine groups is 1. The first kappa shape index (κ1) is 12.6. The molecule has 1 aromatic carbocycles. The van der Waals surface area contributed by atoms with Crippen molar-refractivity contribution in [3.05, 3.63) is 47.2 Å². The highest BCUT2D eigenvalue weighted by atomic mass is 16.6. The topological polar surface area (TPSA) is 97.4 Å². The molecule has 0 unspecified atom stereocenters. The highest BCUT2D eigenvalue weighted by molar-refractivity contribution is 6.09. The van der Waals surface area contributed by atoms with Gasteiger partial charge in [-0.3, -0.25) is 10.3 Å². The summed E-state index contributed by atoms with van der Waals surface area (Å²) in [6.45, 7) is -0.124. The van der Waals surface area contributed by atoms with Crippen LogP contribution in [0, 0.1) is 16.7 Å². The number of rotatable bonds is 2. The van der Waals surface area contributed by atoms with Crippen molar-refractivity contribution in [3.8, 4) is 6.07 Å². The summed E-state index contributed by atoms with van der Waals surface area (Å²) in [5, 5.41) is 25.7. The zero-order valence-electron chi connectivity index (χ0n) is 9.96. The summed E-state index contributed by atoms with van der Waals surface area (Å²) in [6, 6.07) is 10.8. The lowest BCUT2D eigenvalue weighted by molar-refractivity contribution is 0.117. The monoisotopic (exact) mass is 257 g/mol. The molecule has 0 fully saturated rings. The molecule has 1 heterocycles. The highest BCUT2D eigenvalue weighted by Crippen LogP contribution is 2.18. The van der Waals surface area contributed by atoms with Crippen molar-refractivity contribution < 1.29 is 14.6 Å². The van der Waals surface area contributed by atoms with E-state index in [4.69, 9.17) is 15.4 Å². The average Bonchev–Trinajstić information content (AvgIpc) is 2.72. The molecule has 1 aliphatic heterocycles. The molecule has 0 saturated carbocycles. The van der Waals surface area contributed by atoms with Gasteiger partial charge in [0.05, 0.1) is 6.54 Å². The van der Waals surface area contributed by atoms with Gasteiger partial charge < -0.3 is 9.84 Å². The maximum atomic E-state index is 11.8. The Kier molecular flexibility index (Phi) is 3.48. The Balaban J connectivity index is 1.96. The smallest absolute Gasteiger partial charge is 0.416 e. The van der Waals surface area contributed by atoms with E-state index in [-0.39, 0.29) is 30.3 Å². The van der Waals surface area contributed by atoms with Crippen LogP contribution in [-0.2, 0) is 11.3 Å². The number of hydrogen-bond donors (Lipinski definition) is 2. The maximum Gasteiger partial charge on any atom is 0.416 e. The van der Waals surface area contributed by atoms with Crippen LogP contribution in [-0.4, -0.2) is 28.5 Å². The quantitative estimate of drug-likeness (QED) is 0.846. The van der Waals surface area contributed by atoms with E-state index < -0.39 is 6.09 Å². The number of nitrogens with one attached hydrogen (secondary N) is 1. The van der Waals surface area contributed by atoms with Gasteiger partial charge in [0.25, 0.3) is 0 Å². The molecule has 0 saturated heterocycles. The van der Waals surface area contributed by atoms with Gasteiger partial charge in [0.2, 0.25) is 0 Å². The third kappa shape index (κ3) is 2.55. The van der Waals surface area contributed by atoms with E-state index >= 15 is 0 Å². The largest absolute Gasteiger partial charge is 0.509 e. The Labute approximate surface area is 109 Å². The van der Waals surface area contributed by atoms with Gasteiger partial charge in [-0.1, -0.05) is 30.3 Å². The summed E-state index contributed by atoms with van der Waals surface area (Å²) in [7, 11) is 0. The number of nitriles is 1. The van der Waals surface area contributed by atoms with Gasteiger partial charge in [0.1, 0.15) is 24.0 Å². The molecule has 2 rings (SSSR count). The summed E-state index contributed by atoms with van der Waals surface area (Å²) in [6.07, 6.45) is -0.759. The molecule has 0 radical (unpaired) electrons. The SMILES string of the molecule is N#CC1=C(O)CN(C(=O)OCc2ccccc2)C1=N.